The van der Waals surface area contributed by atoms with Gasteiger partial charge in [-0.3, -0.25) is 19.6 Å². The minimum absolute atomic E-state index is 0.515. The Morgan fingerprint density at radius 3 is 2.34 bits per heavy atom. The van der Waals surface area contributed by atoms with E-state index in [1.165, 1.54) is 11.1 Å². The topological polar surface area (TPSA) is 140 Å². The van der Waals surface area contributed by atoms with Gasteiger partial charge in [-0.15, -0.1) is 0 Å². The molecule has 13 rings (SSSR count). The molecule has 0 saturated heterocycles. The minimum Gasteiger partial charge on any atom is -0.453 e. The molecule has 5 aromatic carbocycles. The molecule has 0 unspecified atom stereocenters. The van der Waals surface area contributed by atoms with Crippen molar-refractivity contribution in [1.82, 2.24) is 49.7 Å². The summed E-state index contributed by atoms with van der Waals surface area (Å²) >= 11 is 0. The van der Waals surface area contributed by atoms with E-state index in [2.05, 4.69) is 45.0 Å². The molecule has 0 bridgehead atoms. The largest absolute Gasteiger partial charge is 0.453 e. The van der Waals surface area contributed by atoms with Gasteiger partial charge in [-0.25, -0.2) is 19.9 Å². The minimum atomic E-state index is 0.515. The van der Waals surface area contributed by atoms with Gasteiger partial charge in [0.2, 0.25) is 0 Å². The predicted octanol–water partition coefficient (Wildman–Crippen LogP) is 11.5. The monoisotopic (exact) mass is 802 g/mol. The van der Waals surface area contributed by atoms with Gasteiger partial charge < -0.3 is 9.40 Å². The predicted molar refractivity (Wildman–Crippen MR) is 243 cm³/mol. The zero-order valence-corrected chi connectivity index (χ0v) is 33.2. The van der Waals surface area contributed by atoms with Crippen LogP contribution in [0.2, 0.25) is 0 Å². The number of rotatable bonds is 6. The van der Waals surface area contributed by atoms with Gasteiger partial charge in [0.25, 0.3) is 0 Å². The second-order valence-electron chi connectivity index (χ2n) is 15.8. The molecule has 0 atom stereocenters. The molecule has 11 nitrogen and oxygen atoms in total. The molecule has 0 aliphatic heterocycles. The molecule has 1 aliphatic rings. The number of para-hydroxylation sites is 5. The Morgan fingerprint density at radius 2 is 1.44 bits per heavy atom. The zero-order valence-electron chi connectivity index (χ0n) is 33.2. The molecule has 11 heteroatoms. The summed E-state index contributed by atoms with van der Waals surface area (Å²) in [6.45, 7) is 0. The Hall–Kier alpha value is -8.31. The highest BCUT2D eigenvalue weighted by Gasteiger charge is 2.35. The van der Waals surface area contributed by atoms with E-state index in [0.29, 0.717) is 28.6 Å². The number of nitrogens with zero attached hydrogens (tertiary/aromatic N) is 8. The Bertz CT molecular complexity index is 3690. The van der Waals surface area contributed by atoms with Crippen LogP contribution in [-0.2, 0) is 12.8 Å². The third-order valence-corrected chi connectivity index (χ3v) is 12.2. The average Bonchev–Trinajstić information content (AvgIpc) is 4.16. The number of benzene rings is 5. The van der Waals surface area contributed by atoms with Crippen molar-refractivity contribution in [1.29, 1.82) is 0 Å². The number of imidazole rings is 1. The van der Waals surface area contributed by atoms with Crippen LogP contribution in [0.3, 0.4) is 0 Å². The molecule has 0 amide bonds. The first kappa shape index (κ1) is 34.5. The van der Waals surface area contributed by atoms with E-state index in [9.17, 15) is 0 Å². The highest BCUT2D eigenvalue weighted by Crippen LogP contribution is 2.52. The molecule has 294 valence electrons. The van der Waals surface area contributed by atoms with Crippen LogP contribution in [0.4, 0.5) is 0 Å². The lowest BCUT2D eigenvalue weighted by molar-refractivity contribution is 0.624. The average molecular weight is 803 g/mol. The molecule has 1 aliphatic carbocycles. The fourth-order valence-corrected chi connectivity index (χ4v) is 9.41. The fraction of sp³-hybridized carbons (Fsp3) is 0.0784. The van der Waals surface area contributed by atoms with Crippen LogP contribution in [0, 0.1) is 0 Å². The number of hydrogen-bond acceptors (Lipinski definition) is 8. The third kappa shape index (κ3) is 5.27. The third-order valence-electron chi connectivity index (χ3n) is 12.2. The Morgan fingerprint density at radius 1 is 0.613 bits per heavy atom. The first-order chi connectivity index (χ1) is 30.7. The summed E-state index contributed by atoms with van der Waals surface area (Å²) in [5.41, 5.74) is 13.3. The van der Waals surface area contributed by atoms with E-state index >= 15 is 0 Å². The zero-order chi connectivity index (χ0) is 40.7. The highest BCUT2D eigenvalue weighted by molar-refractivity contribution is 6.18. The fourth-order valence-electron chi connectivity index (χ4n) is 9.41. The number of fused-ring (bicyclic) bond motifs is 6. The molecule has 0 saturated carbocycles. The van der Waals surface area contributed by atoms with Crippen LogP contribution >= 0.6 is 0 Å². The highest BCUT2D eigenvalue weighted by atomic mass is 16.3. The number of pyridine rings is 1. The lowest BCUT2D eigenvalue weighted by atomic mass is 9.83. The first-order valence-corrected chi connectivity index (χ1v) is 20.9. The number of aromatic nitrogens is 10. The second kappa shape index (κ2) is 13.6. The van der Waals surface area contributed by atoms with Gasteiger partial charge >= 0.3 is 0 Å². The molecular formula is C51H34N10O. The summed E-state index contributed by atoms with van der Waals surface area (Å²) in [7, 11) is 0. The maximum Gasteiger partial charge on any atom is 0.183 e. The van der Waals surface area contributed by atoms with Gasteiger partial charge in [0, 0.05) is 57.0 Å². The first-order valence-electron chi connectivity index (χ1n) is 20.9. The number of nitrogens with one attached hydrogen (secondary N) is 2. The molecule has 0 fully saturated rings. The molecule has 2 N–H and O–H groups in total. The van der Waals surface area contributed by atoms with Crippen molar-refractivity contribution in [2.75, 3.05) is 0 Å². The van der Waals surface area contributed by atoms with Crippen molar-refractivity contribution in [3.8, 4) is 62.6 Å². The van der Waals surface area contributed by atoms with Crippen molar-refractivity contribution >= 4 is 54.8 Å². The number of H-pyrrole nitrogens is 2. The normalized spacial score (nSPS) is 12.9. The number of hydrogen-bond donors (Lipinski definition) is 2. The standard InChI is InChI=1S/C51H34N10O/c1-4-15-32-29(12-1)23-25-53-46(32)44-43(50-55-27-31-14-2-6-17-34(31)57-50)42(38-28-54-36-19-8-9-20-37(36)56-38)45(47-33-16-5-7-18-35(33)59-60-47)49-48(44)58-51(61(49)41-22-11-24-52-41)40-26-30-13-3-10-21-39(30)62-40/h2-3,5-11,13-14,16-28,52H,1,4,12,15H2,(H,59,60). The van der Waals surface area contributed by atoms with Crippen molar-refractivity contribution in [2.24, 2.45) is 0 Å². The molecule has 7 aromatic heterocycles. The molecule has 12 aromatic rings. The summed E-state index contributed by atoms with van der Waals surface area (Å²) < 4.78 is 8.86. The van der Waals surface area contributed by atoms with Crippen molar-refractivity contribution in [3.05, 3.63) is 157 Å². The SMILES string of the molecule is c1c[nH]c(-n2c(-c3cc4ccccc4o3)nc3c(-c4nccc5c4CCCC5)c(-c4ncc5ccccc5n4)c(-c4cnc5ccccc5n4)c(-c4n[nH]c5ccccc45)c32)c1. The smallest absolute Gasteiger partial charge is 0.183 e. The summed E-state index contributed by atoms with van der Waals surface area (Å²) in [6, 6.07) is 40.5. The molecule has 62 heavy (non-hydrogen) atoms. The Balaban J connectivity index is 1.31. The molecule has 0 spiro atoms. The number of furan rings is 1. The van der Waals surface area contributed by atoms with E-state index < -0.39 is 0 Å². The van der Waals surface area contributed by atoms with E-state index in [-0.39, 0.29) is 0 Å². The van der Waals surface area contributed by atoms with Crippen molar-refractivity contribution < 1.29 is 4.42 Å². The van der Waals surface area contributed by atoms with E-state index in [0.717, 1.165) is 114 Å². The lowest BCUT2D eigenvalue weighted by Crippen LogP contribution is -2.09. The van der Waals surface area contributed by atoms with Crippen molar-refractivity contribution in [2.45, 2.75) is 25.7 Å². The molecular weight excluding hydrogens is 769 g/mol. The van der Waals surface area contributed by atoms with Gasteiger partial charge in [-0.05, 0) is 91.4 Å². The van der Waals surface area contributed by atoms with Crippen LogP contribution < -0.4 is 0 Å². The van der Waals surface area contributed by atoms with E-state index in [1.54, 1.807) is 0 Å². The van der Waals surface area contributed by atoms with E-state index in [4.69, 9.17) is 39.4 Å². The van der Waals surface area contributed by atoms with E-state index in [1.807, 2.05) is 116 Å². The second-order valence-corrected chi connectivity index (χ2v) is 15.8. The molecule has 7 heterocycles. The Kier molecular flexibility index (Phi) is 7.58. The quantitative estimate of drug-likeness (QED) is 0.169. The van der Waals surface area contributed by atoms with Gasteiger partial charge in [-0.1, -0.05) is 66.7 Å². The lowest BCUT2D eigenvalue weighted by Gasteiger charge is -2.23. The van der Waals surface area contributed by atoms with Gasteiger partial charge in [0.05, 0.1) is 45.2 Å². The summed E-state index contributed by atoms with van der Waals surface area (Å²) in [6.07, 6.45) is 11.6. The van der Waals surface area contributed by atoms with Crippen LogP contribution in [0.5, 0.6) is 0 Å². The summed E-state index contributed by atoms with van der Waals surface area (Å²) in [5, 5.41) is 11.4. The number of aromatic amines is 2. The summed E-state index contributed by atoms with van der Waals surface area (Å²) in [5.74, 6) is 2.53. The van der Waals surface area contributed by atoms with Gasteiger partial charge in [0.15, 0.2) is 17.4 Å². The van der Waals surface area contributed by atoms with Gasteiger partial charge in [0.1, 0.15) is 22.6 Å². The van der Waals surface area contributed by atoms with Gasteiger partial charge in [-0.2, -0.15) is 5.10 Å². The van der Waals surface area contributed by atoms with Crippen LogP contribution in [0.15, 0.2) is 151 Å². The maximum atomic E-state index is 6.70. The van der Waals surface area contributed by atoms with Crippen LogP contribution in [0.1, 0.15) is 24.0 Å². The van der Waals surface area contributed by atoms with Crippen LogP contribution in [0.25, 0.3) is 117 Å². The van der Waals surface area contributed by atoms with Crippen LogP contribution in [-0.4, -0.2) is 49.7 Å². The summed E-state index contributed by atoms with van der Waals surface area (Å²) in [4.78, 5) is 35.6. The number of aryl methyl sites for hydroxylation is 1. The Labute approximate surface area is 353 Å². The van der Waals surface area contributed by atoms with Crippen molar-refractivity contribution in [3.63, 3.8) is 0 Å². The maximum absolute atomic E-state index is 6.70. The molecule has 0 radical (unpaired) electrons.